The number of methoxy groups -OCH3 is 1. The lowest BCUT2D eigenvalue weighted by atomic mass is 9.72. The zero-order valence-electron chi connectivity index (χ0n) is 31.4. The highest BCUT2D eigenvalue weighted by Gasteiger charge is 2.56. The first-order valence-corrected chi connectivity index (χ1v) is 19.8. The normalized spacial score (nSPS) is 50.4. The number of aliphatic hydroxyl groups excluding tert-OH is 11. The molecule has 19 heteroatoms. The van der Waals surface area contributed by atoms with Crippen LogP contribution >= 0.6 is 0 Å². The Kier molecular flexibility index (Phi) is 15.2. The fraction of sp³-hybridized carbons (Fsp3) is 0.919. The lowest BCUT2D eigenvalue weighted by molar-refractivity contribution is -0.367. The van der Waals surface area contributed by atoms with Crippen molar-refractivity contribution in [2.45, 2.75) is 174 Å². The van der Waals surface area contributed by atoms with Gasteiger partial charge in [0.15, 0.2) is 24.8 Å². The molecule has 56 heavy (non-hydrogen) atoms. The van der Waals surface area contributed by atoms with Crippen molar-refractivity contribution in [3.05, 3.63) is 12.2 Å². The van der Waals surface area contributed by atoms with Crippen LogP contribution in [-0.2, 0) is 33.2 Å². The summed E-state index contributed by atoms with van der Waals surface area (Å²) in [5.41, 5.74) is 0. The molecule has 22 atom stereocenters. The lowest BCUT2D eigenvalue weighted by Crippen LogP contribution is -2.64. The minimum absolute atomic E-state index is 0.0289. The molecule has 3 heterocycles. The molecule has 19 nitrogen and oxygen atoms in total. The quantitative estimate of drug-likeness (QED) is 0.0533. The Hall–Kier alpha value is -1.47. The van der Waals surface area contributed by atoms with Crippen LogP contribution in [0.5, 0.6) is 0 Å². The van der Waals surface area contributed by atoms with Crippen molar-refractivity contribution in [1.29, 1.82) is 0 Å². The zero-order valence-corrected chi connectivity index (χ0v) is 31.4. The number of rotatable bonds is 11. The predicted molar refractivity (Wildman–Crippen MR) is 187 cm³/mol. The summed E-state index contributed by atoms with van der Waals surface area (Å²) < 4.78 is 39.9. The molecule has 3 aliphatic heterocycles. The number of fused-ring (bicyclic) bond motifs is 1. The third-order valence-corrected chi connectivity index (χ3v) is 12.7. The second kappa shape index (κ2) is 19.3. The fourth-order valence-corrected chi connectivity index (χ4v) is 9.33. The van der Waals surface area contributed by atoms with E-state index in [9.17, 15) is 61.0 Å². The van der Waals surface area contributed by atoms with Gasteiger partial charge < -0.3 is 89.3 Å². The number of hydrogen-bond donors (Lipinski definition) is 11. The molecule has 0 radical (unpaired) electrons. The molecule has 322 valence electrons. The molecule has 0 aromatic carbocycles. The summed E-state index contributed by atoms with van der Waals surface area (Å²) in [7, 11) is 1.51. The van der Waals surface area contributed by atoms with Crippen molar-refractivity contribution in [3.8, 4) is 0 Å². The molecule has 0 amide bonds. The SMILES string of the molecule is COC1CC(C=CC(=O)OCC2OC(OC3CC4C(OC5OC(CO)C(O)C(O)C5O)CC(O)CC4[OH+]C3C3CCC(O)C(O)C3)C(O)C(O)C2O)CCC1O. The Morgan fingerprint density at radius 2 is 1.32 bits per heavy atom. The first kappa shape index (κ1) is 44.1. The number of hydrogen-bond acceptors (Lipinski definition) is 18. The molecule has 3 saturated carbocycles. The average molecular weight is 810 g/mol. The Balaban J connectivity index is 1.16. The van der Waals surface area contributed by atoms with Gasteiger partial charge in [0.2, 0.25) is 0 Å². The molecule has 6 rings (SSSR count). The van der Waals surface area contributed by atoms with E-state index in [1.165, 1.54) is 13.2 Å². The number of carbonyl (C=O) groups excluding carboxylic acids is 1. The van der Waals surface area contributed by atoms with Gasteiger partial charge in [-0.1, -0.05) is 6.08 Å². The minimum atomic E-state index is -1.77. The zero-order chi connectivity index (χ0) is 40.4. The van der Waals surface area contributed by atoms with Gasteiger partial charge in [0.05, 0.1) is 49.1 Å². The van der Waals surface area contributed by atoms with Crippen LogP contribution in [0.25, 0.3) is 0 Å². The molecule has 12 N–H and O–H groups in total. The standard InChI is InChI=1S/C37H60O19/c1-50-24-8-15(2-5-20(24)41)3-7-28(43)51-14-27-30(45)32(47)34(49)37(56-27)54-25-12-18-22(52-35(25)16-4-6-19(40)21(42)9-16)10-17(39)11-23(18)53-36-33(48)31(46)29(44)26(13-38)55-36/h3,7,15-27,29-42,44-49H,2,4-6,8-14H2,1H3/p+1. The summed E-state index contributed by atoms with van der Waals surface area (Å²) in [6.07, 6.45) is -16.4. The smallest absolute Gasteiger partial charge is 0.330 e. The largest absolute Gasteiger partial charge is 0.460 e. The topological polar surface area (TPSA) is 308 Å². The highest BCUT2D eigenvalue weighted by molar-refractivity contribution is 5.81. The van der Waals surface area contributed by atoms with Crippen LogP contribution in [0.4, 0.5) is 0 Å². The molecule has 0 bridgehead atoms. The second-order valence-corrected chi connectivity index (χ2v) is 16.4. The van der Waals surface area contributed by atoms with Crippen LogP contribution in [0.1, 0.15) is 57.8 Å². The fourth-order valence-electron chi connectivity index (χ4n) is 9.33. The van der Waals surface area contributed by atoms with E-state index in [4.69, 9.17) is 33.2 Å². The summed E-state index contributed by atoms with van der Waals surface area (Å²) in [6.45, 7) is -1.16. The molecule has 0 aromatic rings. The van der Waals surface area contributed by atoms with Crippen LogP contribution in [0.3, 0.4) is 0 Å². The van der Waals surface area contributed by atoms with E-state index in [2.05, 4.69) is 0 Å². The van der Waals surface area contributed by atoms with Gasteiger partial charge in [-0.2, -0.15) is 0 Å². The van der Waals surface area contributed by atoms with Gasteiger partial charge in [0, 0.05) is 31.9 Å². The Bertz CT molecular complexity index is 1290. The lowest BCUT2D eigenvalue weighted by Gasteiger charge is -2.50. The molecule has 3 aliphatic carbocycles. The predicted octanol–water partition coefficient (Wildman–Crippen LogP) is -4.40. The number of carbonyl (C=O) groups is 1. The summed E-state index contributed by atoms with van der Waals surface area (Å²) in [5.74, 6) is -1.58. The molecule has 0 spiro atoms. The number of allylic oxidation sites excluding steroid dienone is 1. The van der Waals surface area contributed by atoms with Gasteiger partial charge in [0.25, 0.3) is 0 Å². The molecule has 6 aliphatic rings. The van der Waals surface area contributed by atoms with Crippen molar-refractivity contribution >= 4 is 5.97 Å². The van der Waals surface area contributed by atoms with Crippen LogP contribution in [0, 0.1) is 17.8 Å². The van der Waals surface area contributed by atoms with Crippen molar-refractivity contribution in [3.63, 3.8) is 0 Å². The van der Waals surface area contributed by atoms with Gasteiger partial charge in [-0.3, -0.25) is 0 Å². The van der Waals surface area contributed by atoms with Gasteiger partial charge >= 0.3 is 5.97 Å². The first-order chi connectivity index (χ1) is 26.7. The van der Waals surface area contributed by atoms with E-state index in [-0.39, 0.29) is 50.0 Å². The maximum absolute atomic E-state index is 12.7. The summed E-state index contributed by atoms with van der Waals surface area (Å²) in [4.78, 5) is 12.7. The van der Waals surface area contributed by atoms with Crippen molar-refractivity contribution in [2.75, 3.05) is 20.3 Å². The highest BCUT2D eigenvalue weighted by Crippen LogP contribution is 2.44. The van der Waals surface area contributed by atoms with E-state index in [1.54, 1.807) is 6.08 Å². The summed E-state index contributed by atoms with van der Waals surface area (Å²) in [5, 5.41) is 116. The van der Waals surface area contributed by atoms with Gasteiger partial charge in [-0.05, 0) is 50.9 Å². The second-order valence-electron chi connectivity index (χ2n) is 16.4. The minimum Gasteiger partial charge on any atom is -0.460 e. The number of esters is 1. The van der Waals surface area contributed by atoms with Crippen LogP contribution in [0.2, 0.25) is 0 Å². The molecule has 22 unspecified atom stereocenters. The van der Waals surface area contributed by atoms with Gasteiger partial charge in [-0.15, -0.1) is 0 Å². The van der Waals surface area contributed by atoms with E-state index < -0.39 is 135 Å². The first-order valence-electron chi connectivity index (χ1n) is 19.8. The molecular weight excluding hydrogens is 748 g/mol. The maximum Gasteiger partial charge on any atom is 0.330 e. The Morgan fingerprint density at radius 3 is 1.98 bits per heavy atom. The summed E-state index contributed by atoms with van der Waals surface area (Å²) in [6, 6.07) is 0. The van der Waals surface area contributed by atoms with Crippen LogP contribution in [0.15, 0.2) is 12.2 Å². The maximum atomic E-state index is 12.7. The molecule has 6 fully saturated rings. The monoisotopic (exact) mass is 809 g/mol. The van der Waals surface area contributed by atoms with Crippen molar-refractivity contribution in [2.24, 2.45) is 17.8 Å². The van der Waals surface area contributed by atoms with Crippen molar-refractivity contribution < 1.29 is 94.1 Å². The molecule has 3 saturated heterocycles. The number of ether oxygens (including phenoxy) is 7. The Labute approximate surface area is 324 Å². The molecular formula is C37H61O19+. The third kappa shape index (κ3) is 9.93. The van der Waals surface area contributed by atoms with E-state index in [0.717, 1.165) is 0 Å². The van der Waals surface area contributed by atoms with E-state index in [0.29, 0.717) is 25.7 Å². The Morgan fingerprint density at radius 1 is 0.679 bits per heavy atom. The van der Waals surface area contributed by atoms with Gasteiger partial charge in [0.1, 0.15) is 61.5 Å². The van der Waals surface area contributed by atoms with E-state index >= 15 is 0 Å². The average Bonchev–Trinajstić information content (AvgIpc) is 3.18. The van der Waals surface area contributed by atoms with Crippen LogP contribution in [-0.4, -0.2) is 204 Å². The molecule has 0 aromatic heterocycles. The van der Waals surface area contributed by atoms with Crippen molar-refractivity contribution in [1.82, 2.24) is 0 Å². The summed E-state index contributed by atoms with van der Waals surface area (Å²) >= 11 is 0. The number of aliphatic hydroxyl groups is 13. The highest BCUT2D eigenvalue weighted by atomic mass is 16.7. The third-order valence-electron chi connectivity index (χ3n) is 12.7. The van der Waals surface area contributed by atoms with E-state index in [1.807, 2.05) is 0 Å². The van der Waals surface area contributed by atoms with Crippen LogP contribution < -0.4 is 0 Å². The van der Waals surface area contributed by atoms with Gasteiger partial charge in [-0.25, -0.2) is 4.79 Å².